The van der Waals surface area contributed by atoms with Crippen LogP contribution in [0.4, 0.5) is 0 Å². The van der Waals surface area contributed by atoms with Gasteiger partial charge in [0, 0.05) is 5.92 Å². The Morgan fingerprint density at radius 2 is 1.79 bits per heavy atom. The summed E-state index contributed by atoms with van der Waals surface area (Å²) in [5, 5.41) is 0. The van der Waals surface area contributed by atoms with Crippen LogP contribution in [0.3, 0.4) is 0 Å². The van der Waals surface area contributed by atoms with Gasteiger partial charge in [0.15, 0.2) is 0 Å². The van der Waals surface area contributed by atoms with E-state index in [2.05, 4.69) is 54.6 Å². The first-order chi connectivity index (χ1) is 11.8. The van der Waals surface area contributed by atoms with Gasteiger partial charge in [0.25, 0.3) is 0 Å². The molecule has 6 rings (SSSR count). The van der Waals surface area contributed by atoms with Gasteiger partial charge in [0.1, 0.15) is 5.60 Å². The van der Waals surface area contributed by atoms with Crippen LogP contribution in [0.1, 0.15) is 54.4 Å². The molecular weight excluding hydrogens is 296 g/mol. The zero-order valence-electron chi connectivity index (χ0n) is 13.8. The Morgan fingerprint density at radius 1 is 0.958 bits per heavy atom. The Labute approximate surface area is 142 Å². The summed E-state index contributed by atoms with van der Waals surface area (Å²) in [6.07, 6.45) is 5.06. The molecule has 3 fully saturated rings. The first-order valence-electron chi connectivity index (χ1n) is 9.29. The molecule has 0 radical (unpaired) electrons. The van der Waals surface area contributed by atoms with Crippen LogP contribution in [0.2, 0.25) is 0 Å². The normalized spacial score (nSPS) is 41.8. The van der Waals surface area contributed by atoms with E-state index in [0.717, 1.165) is 13.0 Å². The van der Waals surface area contributed by atoms with Crippen LogP contribution in [0.5, 0.6) is 0 Å². The van der Waals surface area contributed by atoms with E-state index in [1.165, 1.54) is 36.0 Å². The smallest absolute Gasteiger partial charge is 0.103 e. The molecule has 1 saturated carbocycles. The van der Waals surface area contributed by atoms with Crippen molar-refractivity contribution in [3.8, 4) is 0 Å². The summed E-state index contributed by atoms with van der Waals surface area (Å²) in [6, 6.07) is 19.7. The summed E-state index contributed by atoms with van der Waals surface area (Å²) >= 11 is 0. The molecule has 24 heavy (non-hydrogen) atoms. The highest BCUT2D eigenvalue weighted by Crippen LogP contribution is 2.69. The molecule has 2 aromatic carbocycles. The first kappa shape index (κ1) is 13.6. The lowest BCUT2D eigenvalue weighted by Gasteiger charge is -2.43. The van der Waals surface area contributed by atoms with Gasteiger partial charge in [-0.3, -0.25) is 0 Å². The number of rotatable bonds is 1. The van der Waals surface area contributed by atoms with Gasteiger partial charge in [-0.2, -0.15) is 0 Å². The van der Waals surface area contributed by atoms with Crippen molar-refractivity contribution in [3.63, 3.8) is 0 Å². The van der Waals surface area contributed by atoms with Crippen molar-refractivity contribution in [3.05, 3.63) is 71.3 Å². The molecule has 5 atom stereocenters. The maximum absolute atomic E-state index is 6.97. The van der Waals surface area contributed by atoms with Gasteiger partial charge in [-0.15, -0.1) is 0 Å². The van der Waals surface area contributed by atoms with Crippen LogP contribution >= 0.6 is 0 Å². The van der Waals surface area contributed by atoms with E-state index in [1.807, 2.05) is 0 Å². The van der Waals surface area contributed by atoms with Crippen LogP contribution in [0.15, 0.2) is 54.6 Å². The van der Waals surface area contributed by atoms with E-state index in [1.54, 1.807) is 0 Å². The molecular formula is C22H22O2. The molecule has 2 nitrogen and oxygen atoms in total. The molecule has 2 aromatic rings. The molecule has 3 heterocycles. The Morgan fingerprint density at radius 3 is 2.71 bits per heavy atom. The highest BCUT2D eigenvalue weighted by atomic mass is 16.6. The lowest BCUT2D eigenvalue weighted by molar-refractivity contribution is -0.130. The summed E-state index contributed by atoms with van der Waals surface area (Å²) in [5.41, 5.74) is 4.09. The van der Waals surface area contributed by atoms with Gasteiger partial charge in [-0.1, -0.05) is 54.6 Å². The molecule has 2 saturated heterocycles. The fraction of sp³-hybridized carbons (Fsp3) is 0.455. The quantitative estimate of drug-likeness (QED) is 0.758. The minimum atomic E-state index is -0.111. The largest absolute Gasteiger partial charge is 0.370 e. The lowest BCUT2D eigenvalue weighted by Crippen LogP contribution is -2.44. The predicted octanol–water partition coefficient (Wildman–Crippen LogP) is 4.71. The summed E-state index contributed by atoms with van der Waals surface area (Å²) < 4.78 is 13.4. The minimum absolute atomic E-state index is 0.0258. The standard InChI is InChI=1S/C22H22O2/c1-2-7-15(8-3-1)20-19-17-10-4-5-11-18(17)22-12-6-9-16(22)13-21(19,24-22)14-23-20/h1-5,7-8,10-11,16,19-20H,6,9,12-14H2/t16-,19+,20+,21-,22-/m0/s1. The van der Waals surface area contributed by atoms with Crippen LogP contribution in [0, 0.1) is 5.92 Å². The maximum atomic E-state index is 6.97. The third kappa shape index (κ3) is 1.50. The van der Waals surface area contributed by atoms with Gasteiger partial charge >= 0.3 is 0 Å². The molecule has 1 aliphatic carbocycles. The number of hydrogen-bond donors (Lipinski definition) is 0. The molecule has 2 spiro atoms. The number of hydrogen-bond acceptors (Lipinski definition) is 2. The van der Waals surface area contributed by atoms with Crippen molar-refractivity contribution in [2.45, 2.75) is 48.9 Å². The highest BCUT2D eigenvalue weighted by molar-refractivity contribution is 5.46. The molecule has 0 unspecified atom stereocenters. The molecule has 122 valence electrons. The van der Waals surface area contributed by atoms with E-state index in [9.17, 15) is 0 Å². The molecule has 0 amide bonds. The first-order valence-corrected chi connectivity index (χ1v) is 9.29. The van der Waals surface area contributed by atoms with Crippen LogP contribution in [-0.2, 0) is 15.1 Å². The van der Waals surface area contributed by atoms with E-state index in [-0.39, 0.29) is 17.3 Å². The second kappa shape index (κ2) is 4.50. The summed E-state index contributed by atoms with van der Waals surface area (Å²) in [5.74, 6) is 0.995. The maximum Gasteiger partial charge on any atom is 0.103 e. The molecule has 4 aliphatic rings. The monoisotopic (exact) mass is 318 g/mol. The average molecular weight is 318 g/mol. The minimum Gasteiger partial charge on any atom is -0.370 e. The number of ether oxygens (including phenoxy) is 2. The van der Waals surface area contributed by atoms with Crippen LogP contribution < -0.4 is 0 Å². The Kier molecular flexibility index (Phi) is 2.56. The van der Waals surface area contributed by atoms with Gasteiger partial charge < -0.3 is 9.47 Å². The lowest BCUT2D eigenvalue weighted by atomic mass is 9.74. The molecule has 0 aromatic heterocycles. The number of benzene rings is 2. The molecule has 0 N–H and O–H groups in total. The average Bonchev–Trinajstić information content (AvgIpc) is 3.26. The van der Waals surface area contributed by atoms with Crippen molar-refractivity contribution in [1.82, 2.24) is 0 Å². The van der Waals surface area contributed by atoms with Gasteiger partial charge in [-0.25, -0.2) is 0 Å². The van der Waals surface area contributed by atoms with Gasteiger partial charge in [0.2, 0.25) is 0 Å². The summed E-state index contributed by atoms with van der Waals surface area (Å²) in [7, 11) is 0. The molecule has 3 aliphatic heterocycles. The second-order valence-corrected chi connectivity index (χ2v) is 8.06. The van der Waals surface area contributed by atoms with Crippen molar-refractivity contribution >= 4 is 0 Å². The molecule has 2 bridgehead atoms. The van der Waals surface area contributed by atoms with Crippen LogP contribution in [0.25, 0.3) is 0 Å². The SMILES string of the molecule is c1ccc([C@H]2OC[C@]34C[C@@H]5CCC[C@@]5(O3)c3ccccc3[C@H]24)cc1. The van der Waals surface area contributed by atoms with Crippen molar-refractivity contribution in [2.75, 3.05) is 6.61 Å². The van der Waals surface area contributed by atoms with Crippen molar-refractivity contribution in [1.29, 1.82) is 0 Å². The van der Waals surface area contributed by atoms with Crippen molar-refractivity contribution < 1.29 is 9.47 Å². The fourth-order valence-corrected chi connectivity index (χ4v) is 6.18. The third-order valence-corrected chi connectivity index (χ3v) is 6.99. The summed E-state index contributed by atoms with van der Waals surface area (Å²) in [6.45, 7) is 0.740. The Bertz CT molecular complexity index is 801. The fourth-order valence-electron chi connectivity index (χ4n) is 6.18. The van der Waals surface area contributed by atoms with E-state index < -0.39 is 0 Å². The topological polar surface area (TPSA) is 18.5 Å². The zero-order chi connectivity index (χ0) is 15.8. The van der Waals surface area contributed by atoms with Gasteiger partial charge in [0.05, 0.1) is 18.3 Å². The van der Waals surface area contributed by atoms with E-state index >= 15 is 0 Å². The Balaban J connectivity index is 1.57. The third-order valence-electron chi connectivity index (χ3n) is 6.99. The highest BCUT2D eigenvalue weighted by Gasteiger charge is 2.68. The predicted molar refractivity (Wildman–Crippen MR) is 91.8 cm³/mol. The zero-order valence-corrected chi connectivity index (χ0v) is 13.8. The van der Waals surface area contributed by atoms with E-state index in [4.69, 9.17) is 9.47 Å². The molecule has 2 heteroatoms. The van der Waals surface area contributed by atoms with Crippen molar-refractivity contribution in [2.24, 2.45) is 5.92 Å². The van der Waals surface area contributed by atoms with E-state index in [0.29, 0.717) is 11.8 Å². The van der Waals surface area contributed by atoms with Crippen LogP contribution in [-0.4, -0.2) is 12.2 Å². The van der Waals surface area contributed by atoms with Gasteiger partial charge in [-0.05, 0) is 48.3 Å². The number of fused-ring (bicyclic) bond motifs is 2. The Hall–Kier alpha value is -1.64. The second-order valence-electron chi connectivity index (χ2n) is 8.06. The summed E-state index contributed by atoms with van der Waals surface area (Å²) in [4.78, 5) is 0.